The molecule has 0 aliphatic carbocycles. The first-order valence-electron chi connectivity index (χ1n) is 2.77. The molecule has 0 heterocycles. The standard InChI is InChI=1S/C5H8N2O3/c6-5(9)4(7-10)2-1-3-8/h3-4H,1-2H2,(H2,6,9). The molecule has 1 atom stereocenters. The fourth-order valence-electron chi connectivity index (χ4n) is 0.473. The summed E-state index contributed by atoms with van der Waals surface area (Å²) in [6, 6.07) is -1.05. The molecule has 0 aromatic carbocycles. The van der Waals surface area contributed by atoms with Crippen LogP contribution in [-0.4, -0.2) is 18.2 Å². The number of nitrogens with two attached hydrogens (primary N) is 1. The summed E-state index contributed by atoms with van der Waals surface area (Å²) in [6.07, 6.45) is 0.864. The van der Waals surface area contributed by atoms with Crippen molar-refractivity contribution in [2.45, 2.75) is 18.9 Å². The van der Waals surface area contributed by atoms with Gasteiger partial charge in [-0.2, -0.15) is 0 Å². The van der Waals surface area contributed by atoms with Crippen molar-refractivity contribution in [1.29, 1.82) is 0 Å². The van der Waals surface area contributed by atoms with Crippen molar-refractivity contribution in [1.82, 2.24) is 0 Å². The van der Waals surface area contributed by atoms with Crippen LogP contribution in [0.3, 0.4) is 0 Å². The molecule has 0 aromatic rings. The lowest BCUT2D eigenvalue weighted by Gasteiger charge is -1.98. The van der Waals surface area contributed by atoms with E-state index in [-0.39, 0.29) is 12.8 Å². The maximum atomic E-state index is 10.2. The summed E-state index contributed by atoms with van der Waals surface area (Å²) in [7, 11) is 0. The van der Waals surface area contributed by atoms with Gasteiger partial charge in [0.05, 0.1) is 0 Å². The van der Waals surface area contributed by atoms with Crippen molar-refractivity contribution < 1.29 is 9.59 Å². The van der Waals surface area contributed by atoms with Crippen molar-refractivity contribution in [2.24, 2.45) is 10.9 Å². The summed E-state index contributed by atoms with van der Waals surface area (Å²) in [5.74, 6) is -0.781. The number of primary amides is 1. The predicted molar refractivity (Wildman–Crippen MR) is 34.1 cm³/mol. The second-order valence-electron chi connectivity index (χ2n) is 1.77. The number of rotatable bonds is 5. The van der Waals surface area contributed by atoms with E-state index in [9.17, 15) is 14.5 Å². The number of carbonyl (C=O) groups is 2. The van der Waals surface area contributed by atoms with Crippen molar-refractivity contribution in [3.8, 4) is 0 Å². The highest BCUT2D eigenvalue weighted by molar-refractivity contribution is 5.80. The van der Waals surface area contributed by atoms with Crippen LogP contribution in [0.1, 0.15) is 12.8 Å². The molecule has 0 fully saturated rings. The molecule has 0 aliphatic heterocycles. The number of aldehydes is 1. The van der Waals surface area contributed by atoms with Crippen LogP contribution in [0.5, 0.6) is 0 Å². The van der Waals surface area contributed by atoms with Gasteiger partial charge in [-0.25, -0.2) is 0 Å². The highest BCUT2D eigenvalue weighted by Crippen LogP contribution is 1.98. The SMILES string of the molecule is NC(=O)C(CCC=O)N=O. The Bertz CT molecular complexity index is 146. The zero-order chi connectivity index (χ0) is 7.98. The van der Waals surface area contributed by atoms with Gasteiger partial charge in [-0.1, -0.05) is 5.18 Å². The molecular weight excluding hydrogens is 136 g/mol. The van der Waals surface area contributed by atoms with Crippen LogP contribution in [0.25, 0.3) is 0 Å². The van der Waals surface area contributed by atoms with Gasteiger partial charge in [0.25, 0.3) is 0 Å². The van der Waals surface area contributed by atoms with Crippen LogP contribution in [0.2, 0.25) is 0 Å². The first-order valence-corrected chi connectivity index (χ1v) is 2.77. The third kappa shape index (κ3) is 2.91. The van der Waals surface area contributed by atoms with Gasteiger partial charge in [0, 0.05) is 6.42 Å². The highest BCUT2D eigenvalue weighted by atomic mass is 16.3. The first kappa shape index (κ1) is 8.74. The topological polar surface area (TPSA) is 89.6 Å². The molecule has 0 aromatic heterocycles. The van der Waals surface area contributed by atoms with Gasteiger partial charge in [0.15, 0.2) is 6.04 Å². The lowest BCUT2D eigenvalue weighted by molar-refractivity contribution is -0.119. The van der Waals surface area contributed by atoms with Gasteiger partial charge in [-0.15, -0.1) is 4.91 Å². The van der Waals surface area contributed by atoms with Gasteiger partial charge in [0.2, 0.25) is 5.91 Å². The van der Waals surface area contributed by atoms with E-state index in [1.165, 1.54) is 0 Å². The Hall–Kier alpha value is -1.26. The van der Waals surface area contributed by atoms with E-state index in [1.807, 2.05) is 0 Å². The van der Waals surface area contributed by atoms with Crippen molar-refractivity contribution in [3.63, 3.8) is 0 Å². The van der Waals surface area contributed by atoms with Crippen LogP contribution < -0.4 is 5.73 Å². The second-order valence-corrected chi connectivity index (χ2v) is 1.77. The normalized spacial score (nSPS) is 12.0. The lowest BCUT2D eigenvalue weighted by Crippen LogP contribution is -2.26. The van der Waals surface area contributed by atoms with Crippen LogP contribution in [0, 0.1) is 4.91 Å². The van der Waals surface area contributed by atoms with E-state index in [0.29, 0.717) is 6.29 Å². The molecule has 0 bridgehead atoms. The zero-order valence-electron chi connectivity index (χ0n) is 5.32. The van der Waals surface area contributed by atoms with Crippen molar-refractivity contribution >= 4 is 12.2 Å². The van der Waals surface area contributed by atoms with E-state index in [1.54, 1.807) is 0 Å². The summed E-state index contributed by atoms with van der Waals surface area (Å²) in [5, 5.41) is 2.44. The van der Waals surface area contributed by atoms with Crippen LogP contribution >= 0.6 is 0 Å². The summed E-state index contributed by atoms with van der Waals surface area (Å²) in [5.41, 5.74) is 4.74. The molecule has 56 valence electrons. The Morgan fingerprint density at radius 3 is 2.60 bits per heavy atom. The molecule has 1 unspecified atom stereocenters. The highest BCUT2D eigenvalue weighted by Gasteiger charge is 2.13. The number of hydrogen-bond donors (Lipinski definition) is 1. The minimum atomic E-state index is -1.05. The molecule has 0 saturated heterocycles. The smallest absolute Gasteiger partial charge is 0.245 e. The minimum absolute atomic E-state index is 0.113. The Labute approximate surface area is 57.6 Å². The average molecular weight is 144 g/mol. The van der Waals surface area contributed by atoms with Gasteiger partial charge in [-0.3, -0.25) is 4.79 Å². The largest absolute Gasteiger partial charge is 0.368 e. The molecule has 0 rings (SSSR count). The molecule has 5 heteroatoms. The fourth-order valence-corrected chi connectivity index (χ4v) is 0.473. The number of hydrogen-bond acceptors (Lipinski definition) is 4. The van der Waals surface area contributed by atoms with Crippen molar-refractivity contribution in [3.05, 3.63) is 4.91 Å². The Morgan fingerprint density at radius 1 is 1.70 bits per heavy atom. The molecule has 0 spiro atoms. The van der Waals surface area contributed by atoms with Gasteiger partial charge in [-0.05, 0) is 6.42 Å². The van der Waals surface area contributed by atoms with Gasteiger partial charge < -0.3 is 10.5 Å². The molecule has 0 radical (unpaired) electrons. The fraction of sp³-hybridized carbons (Fsp3) is 0.600. The molecule has 2 N–H and O–H groups in total. The maximum absolute atomic E-state index is 10.2. The Balaban J connectivity index is 3.71. The maximum Gasteiger partial charge on any atom is 0.245 e. The Kier molecular flexibility index (Phi) is 4.02. The third-order valence-electron chi connectivity index (χ3n) is 1.01. The molecule has 0 aliphatic rings. The Morgan fingerprint density at radius 2 is 2.30 bits per heavy atom. The van der Waals surface area contributed by atoms with E-state index in [4.69, 9.17) is 5.73 Å². The van der Waals surface area contributed by atoms with E-state index in [2.05, 4.69) is 5.18 Å². The van der Waals surface area contributed by atoms with E-state index >= 15 is 0 Å². The number of amides is 1. The molecule has 1 amide bonds. The molecule has 10 heavy (non-hydrogen) atoms. The lowest BCUT2D eigenvalue weighted by atomic mass is 10.2. The number of nitrogens with zero attached hydrogens (tertiary/aromatic N) is 1. The third-order valence-corrected chi connectivity index (χ3v) is 1.01. The molecular formula is C5H8N2O3. The minimum Gasteiger partial charge on any atom is -0.368 e. The number of nitroso groups, excluding NO2 is 1. The predicted octanol–water partition coefficient (Wildman–Crippen LogP) is -0.414. The zero-order valence-corrected chi connectivity index (χ0v) is 5.32. The van der Waals surface area contributed by atoms with Crippen LogP contribution in [0.4, 0.5) is 0 Å². The number of carbonyl (C=O) groups excluding carboxylic acids is 2. The summed E-state index contributed by atoms with van der Waals surface area (Å²) < 4.78 is 0. The van der Waals surface area contributed by atoms with Gasteiger partial charge in [0.1, 0.15) is 6.29 Å². The van der Waals surface area contributed by atoms with Crippen molar-refractivity contribution in [2.75, 3.05) is 0 Å². The van der Waals surface area contributed by atoms with Crippen LogP contribution in [-0.2, 0) is 9.59 Å². The van der Waals surface area contributed by atoms with Crippen LogP contribution in [0.15, 0.2) is 5.18 Å². The van der Waals surface area contributed by atoms with E-state index < -0.39 is 11.9 Å². The summed E-state index contributed by atoms with van der Waals surface area (Å²) in [6.45, 7) is 0. The van der Waals surface area contributed by atoms with E-state index in [0.717, 1.165) is 0 Å². The second kappa shape index (κ2) is 4.60. The average Bonchev–Trinajstić information content (AvgIpc) is 1.89. The summed E-state index contributed by atoms with van der Waals surface area (Å²) >= 11 is 0. The van der Waals surface area contributed by atoms with Gasteiger partial charge >= 0.3 is 0 Å². The molecule has 0 saturated carbocycles. The molecule has 5 nitrogen and oxygen atoms in total. The monoisotopic (exact) mass is 144 g/mol. The first-order chi connectivity index (χ1) is 4.72. The quantitative estimate of drug-likeness (QED) is 0.420. The summed E-state index contributed by atoms with van der Waals surface area (Å²) in [4.78, 5) is 29.8.